The van der Waals surface area contributed by atoms with Crippen LogP contribution in [0, 0.1) is 42.9 Å². The molecule has 2 aromatic rings. The van der Waals surface area contributed by atoms with Crippen LogP contribution in [0.15, 0.2) is 23.0 Å². The molecule has 0 aliphatic carbocycles. The topological polar surface area (TPSA) is 193 Å². The van der Waals surface area contributed by atoms with E-state index in [0.29, 0.717) is 6.07 Å². The Morgan fingerprint density at radius 2 is 1.71 bits per heavy atom. The number of nitrogen functional groups attached to an aromatic ring is 1. The zero-order chi connectivity index (χ0) is 18.0. The van der Waals surface area contributed by atoms with E-state index in [4.69, 9.17) is 11.0 Å². The van der Waals surface area contributed by atoms with Crippen molar-refractivity contribution in [2.45, 2.75) is 0 Å². The van der Waals surface area contributed by atoms with Crippen molar-refractivity contribution < 1.29 is 9.85 Å². The molecule has 3 N–H and O–H groups in total. The summed E-state index contributed by atoms with van der Waals surface area (Å²) in [5.41, 5.74) is 1.77. The van der Waals surface area contributed by atoms with Gasteiger partial charge >= 0.3 is 0 Å². The molecule has 0 spiro atoms. The van der Waals surface area contributed by atoms with Crippen molar-refractivity contribution in [3.05, 3.63) is 59.9 Å². The van der Waals surface area contributed by atoms with Crippen LogP contribution < -0.4 is 11.3 Å². The number of nitrogens with two attached hydrogens (primary N) is 1. The van der Waals surface area contributed by atoms with E-state index in [1.165, 1.54) is 0 Å². The van der Waals surface area contributed by atoms with E-state index in [1.807, 2.05) is 0 Å². The van der Waals surface area contributed by atoms with Gasteiger partial charge in [0.15, 0.2) is 0 Å². The number of nitro benzene ring substituents is 2. The third-order valence-corrected chi connectivity index (χ3v) is 3.13. The van der Waals surface area contributed by atoms with Crippen molar-refractivity contribution in [1.82, 2.24) is 4.98 Å². The fourth-order valence-corrected chi connectivity index (χ4v) is 2.11. The number of rotatable bonds is 3. The Bertz CT molecular complexity index is 1030. The molecule has 0 bridgehead atoms. The maximum Gasteiger partial charge on any atom is 0.284 e. The minimum absolute atomic E-state index is 0.295. The van der Waals surface area contributed by atoms with Crippen LogP contribution in [0.1, 0.15) is 11.1 Å². The molecule has 1 heterocycles. The standard InChI is InChI=1S/C13H6N6O5/c14-4-8-11(9(5-15)13(20)17-12(8)16)7-2-1-6(18(21)22)3-10(7)19(23)24/h1-3H,(H3,16,17,20). The van der Waals surface area contributed by atoms with Gasteiger partial charge in [0, 0.05) is 11.6 Å². The second-order valence-electron chi connectivity index (χ2n) is 4.43. The van der Waals surface area contributed by atoms with Crippen LogP contribution in [-0.2, 0) is 0 Å². The number of hydrogen-bond acceptors (Lipinski definition) is 8. The van der Waals surface area contributed by atoms with Crippen molar-refractivity contribution in [3.63, 3.8) is 0 Å². The summed E-state index contributed by atoms with van der Waals surface area (Å²) < 4.78 is 0. The number of anilines is 1. The summed E-state index contributed by atoms with van der Waals surface area (Å²) in [6, 6.07) is 5.85. The average molecular weight is 326 g/mol. The summed E-state index contributed by atoms with van der Waals surface area (Å²) >= 11 is 0. The second-order valence-corrected chi connectivity index (χ2v) is 4.43. The van der Waals surface area contributed by atoms with Gasteiger partial charge in [0.1, 0.15) is 29.1 Å². The summed E-state index contributed by atoms with van der Waals surface area (Å²) in [5, 5.41) is 40.4. The molecule has 0 atom stereocenters. The van der Waals surface area contributed by atoms with Gasteiger partial charge in [0.25, 0.3) is 16.9 Å². The number of nitrogens with one attached hydrogen (secondary N) is 1. The van der Waals surface area contributed by atoms with Gasteiger partial charge in [-0.2, -0.15) is 10.5 Å². The van der Waals surface area contributed by atoms with E-state index in [2.05, 4.69) is 4.98 Å². The van der Waals surface area contributed by atoms with E-state index in [9.17, 15) is 30.3 Å². The fourth-order valence-electron chi connectivity index (χ4n) is 2.11. The number of hydrogen-bond donors (Lipinski definition) is 2. The van der Waals surface area contributed by atoms with Gasteiger partial charge in [-0.05, 0) is 6.07 Å². The summed E-state index contributed by atoms with van der Waals surface area (Å²) in [4.78, 5) is 34.2. The van der Waals surface area contributed by atoms with Crippen LogP contribution in [0.25, 0.3) is 11.1 Å². The molecular weight excluding hydrogens is 320 g/mol. The molecule has 24 heavy (non-hydrogen) atoms. The average Bonchev–Trinajstić information content (AvgIpc) is 2.53. The van der Waals surface area contributed by atoms with Gasteiger partial charge in [-0.1, -0.05) is 0 Å². The third-order valence-electron chi connectivity index (χ3n) is 3.13. The number of pyridine rings is 1. The van der Waals surface area contributed by atoms with Crippen molar-refractivity contribution in [2.24, 2.45) is 0 Å². The van der Waals surface area contributed by atoms with E-state index in [-0.39, 0.29) is 22.5 Å². The van der Waals surface area contributed by atoms with E-state index in [0.717, 1.165) is 12.1 Å². The lowest BCUT2D eigenvalue weighted by Crippen LogP contribution is -2.16. The summed E-state index contributed by atoms with van der Waals surface area (Å²) in [5.74, 6) is -0.371. The van der Waals surface area contributed by atoms with Gasteiger partial charge in [-0.15, -0.1) is 0 Å². The molecule has 118 valence electrons. The molecule has 0 unspecified atom stereocenters. The summed E-state index contributed by atoms with van der Waals surface area (Å²) in [6.45, 7) is 0. The van der Waals surface area contributed by atoms with Gasteiger partial charge in [0.2, 0.25) is 0 Å². The molecule has 0 radical (unpaired) electrons. The minimum Gasteiger partial charge on any atom is -0.384 e. The Balaban J connectivity index is 3.00. The zero-order valence-corrected chi connectivity index (χ0v) is 11.6. The van der Waals surface area contributed by atoms with Crippen LogP contribution >= 0.6 is 0 Å². The molecule has 0 saturated heterocycles. The smallest absolute Gasteiger partial charge is 0.284 e. The van der Waals surface area contributed by atoms with E-state index >= 15 is 0 Å². The number of nitro groups is 2. The van der Waals surface area contributed by atoms with Gasteiger partial charge in [-0.25, -0.2) is 0 Å². The van der Waals surface area contributed by atoms with Crippen LogP contribution in [0.4, 0.5) is 17.2 Å². The molecule has 0 saturated carbocycles. The Labute approximate surface area is 132 Å². The molecular formula is C13H6N6O5. The second kappa shape index (κ2) is 5.86. The van der Waals surface area contributed by atoms with Crippen LogP contribution in [0.5, 0.6) is 0 Å². The summed E-state index contributed by atoms with van der Waals surface area (Å²) in [7, 11) is 0. The highest BCUT2D eigenvalue weighted by atomic mass is 16.6. The zero-order valence-electron chi connectivity index (χ0n) is 11.6. The Morgan fingerprint density at radius 3 is 2.21 bits per heavy atom. The number of nitrogens with zero attached hydrogens (tertiary/aromatic N) is 4. The predicted octanol–water partition coefficient (Wildman–Crippen LogP) is 1.18. The highest BCUT2D eigenvalue weighted by Gasteiger charge is 2.27. The van der Waals surface area contributed by atoms with Gasteiger partial charge in [0.05, 0.1) is 21.5 Å². The largest absolute Gasteiger partial charge is 0.384 e. The molecule has 2 rings (SSSR count). The lowest BCUT2D eigenvalue weighted by Gasteiger charge is -2.09. The fraction of sp³-hybridized carbons (Fsp3) is 0. The Morgan fingerprint density at radius 1 is 1.08 bits per heavy atom. The van der Waals surface area contributed by atoms with Crippen molar-refractivity contribution >= 4 is 17.2 Å². The quantitative estimate of drug-likeness (QED) is 0.619. The van der Waals surface area contributed by atoms with Crippen molar-refractivity contribution in [1.29, 1.82) is 10.5 Å². The van der Waals surface area contributed by atoms with Gasteiger partial charge in [-0.3, -0.25) is 25.0 Å². The molecule has 1 aromatic heterocycles. The maximum atomic E-state index is 11.8. The first-order chi connectivity index (χ1) is 11.3. The maximum absolute atomic E-state index is 11.8. The lowest BCUT2D eigenvalue weighted by molar-refractivity contribution is -0.393. The number of aromatic amines is 1. The predicted molar refractivity (Wildman–Crippen MR) is 79.6 cm³/mol. The molecule has 0 aliphatic heterocycles. The number of benzene rings is 1. The van der Waals surface area contributed by atoms with Crippen LogP contribution in [0.2, 0.25) is 0 Å². The number of nitriles is 2. The van der Waals surface area contributed by atoms with Gasteiger partial charge < -0.3 is 10.7 Å². The minimum atomic E-state index is -0.934. The van der Waals surface area contributed by atoms with Crippen molar-refractivity contribution in [2.75, 3.05) is 5.73 Å². The monoisotopic (exact) mass is 326 g/mol. The van der Waals surface area contributed by atoms with Crippen LogP contribution in [-0.4, -0.2) is 14.8 Å². The molecule has 1 aromatic carbocycles. The molecule has 11 heteroatoms. The number of aromatic nitrogens is 1. The first-order valence-electron chi connectivity index (χ1n) is 6.11. The SMILES string of the molecule is N#Cc1c(N)[nH]c(=O)c(C#N)c1-c1ccc([N+](=O)[O-])cc1[N+](=O)[O-]. The highest BCUT2D eigenvalue weighted by Crippen LogP contribution is 2.36. The first-order valence-corrected chi connectivity index (χ1v) is 6.11. The number of H-pyrrole nitrogens is 1. The molecule has 0 fully saturated rings. The lowest BCUT2D eigenvalue weighted by atomic mass is 9.95. The molecule has 11 nitrogen and oxygen atoms in total. The van der Waals surface area contributed by atoms with E-state index in [1.54, 1.807) is 12.1 Å². The molecule has 0 amide bonds. The number of non-ortho nitro benzene ring substituents is 1. The third kappa shape index (κ3) is 2.49. The Hall–Kier alpha value is -4.25. The first kappa shape index (κ1) is 16.1. The van der Waals surface area contributed by atoms with E-state index < -0.39 is 32.3 Å². The Kier molecular flexibility index (Phi) is 3.94. The normalized spacial score (nSPS) is 9.75. The van der Waals surface area contributed by atoms with Crippen LogP contribution in [0.3, 0.4) is 0 Å². The molecule has 0 aliphatic rings. The van der Waals surface area contributed by atoms with Crippen molar-refractivity contribution in [3.8, 4) is 23.3 Å². The highest BCUT2D eigenvalue weighted by molar-refractivity contribution is 5.85. The summed E-state index contributed by atoms with van der Waals surface area (Å²) in [6.07, 6.45) is 0.